The molecular weight excluding hydrogens is 421 g/mol. The van der Waals surface area contributed by atoms with Crippen LogP contribution in [0.2, 0.25) is 0 Å². The normalized spacial score (nSPS) is 14.5. The third-order valence-corrected chi connectivity index (χ3v) is 5.85. The molecule has 31 heavy (non-hydrogen) atoms. The van der Waals surface area contributed by atoms with Crippen molar-refractivity contribution in [2.75, 3.05) is 71.1 Å². The number of hydrogen-bond donors (Lipinski definition) is 1. The Hall–Kier alpha value is -2.14. The van der Waals surface area contributed by atoms with Gasteiger partial charge in [0.05, 0.1) is 19.8 Å². The Morgan fingerprint density at radius 1 is 1.29 bits per heavy atom. The topological polar surface area (TPSA) is 79.8 Å². The van der Waals surface area contributed by atoms with Crippen molar-refractivity contribution in [3.8, 4) is 0 Å². The van der Waals surface area contributed by atoms with Crippen molar-refractivity contribution in [3.63, 3.8) is 0 Å². The minimum absolute atomic E-state index is 0.0201. The number of ether oxygens (including phenoxy) is 2. The van der Waals surface area contributed by atoms with Gasteiger partial charge in [-0.25, -0.2) is 9.37 Å². The molecule has 0 atom stereocenters. The first-order valence-corrected chi connectivity index (χ1v) is 11.3. The molecule has 0 unspecified atom stereocenters. The summed E-state index contributed by atoms with van der Waals surface area (Å²) in [5.41, 5.74) is 0.953. The van der Waals surface area contributed by atoms with Gasteiger partial charge in [0.1, 0.15) is 11.6 Å². The second-order valence-corrected chi connectivity index (χ2v) is 8.06. The van der Waals surface area contributed by atoms with E-state index in [2.05, 4.69) is 19.6 Å². The minimum atomic E-state index is -0.260. The highest BCUT2D eigenvalue weighted by atomic mass is 32.1. The van der Waals surface area contributed by atoms with E-state index in [-0.39, 0.29) is 11.7 Å². The second kappa shape index (κ2) is 12.7. The summed E-state index contributed by atoms with van der Waals surface area (Å²) in [6, 6.07) is 6.34. The van der Waals surface area contributed by atoms with Crippen molar-refractivity contribution in [3.05, 3.63) is 41.5 Å². The molecule has 1 aliphatic rings. The summed E-state index contributed by atoms with van der Waals surface area (Å²) >= 11 is 1.30. The van der Waals surface area contributed by atoms with Gasteiger partial charge in [0.2, 0.25) is 11.0 Å². The van der Waals surface area contributed by atoms with Crippen LogP contribution < -0.4 is 10.2 Å². The number of anilines is 1. The van der Waals surface area contributed by atoms with Gasteiger partial charge in [0.25, 0.3) is 0 Å². The SMILES string of the molecule is COCCN(CCC(=O)NCCN1CCOCC1)c1nc(Cc2ccc(F)cc2)ns1. The fraction of sp³-hybridized carbons (Fsp3) is 0.571. The number of rotatable bonds is 12. The first kappa shape index (κ1) is 23.5. The van der Waals surface area contributed by atoms with Crippen LogP contribution in [0.1, 0.15) is 17.8 Å². The summed E-state index contributed by atoms with van der Waals surface area (Å²) in [5.74, 6) is 0.445. The Bertz CT molecular complexity index is 799. The number of aromatic nitrogens is 2. The standard InChI is InChI=1S/C21H30FN5O3S/c1-29-13-12-27(8-6-20(28)23-7-9-26-10-14-30-15-11-26)21-24-19(25-31-21)16-17-2-4-18(22)5-3-17/h2-5H,6-16H2,1H3,(H,23,28). The lowest BCUT2D eigenvalue weighted by atomic mass is 10.1. The van der Waals surface area contributed by atoms with Crippen LogP contribution in [0.15, 0.2) is 24.3 Å². The first-order valence-electron chi connectivity index (χ1n) is 10.5. The van der Waals surface area contributed by atoms with E-state index in [4.69, 9.17) is 9.47 Å². The summed E-state index contributed by atoms with van der Waals surface area (Å²) in [7, 11) is 1.65. The van der Waals surface area contributed by atoms with E-state index in [1.54, 1.807) is 19.2 Å². The molecule has 0 aliphatic carbocycles. The van der Waals surface area contributed by atoms with Gasteiger partial charge < -0.3 is 19.7 Å². The zero-order valence-corrected chi connectivity index (χ0v) is 18.7. The summed E-state index contributed by atoms with van der Waals surface area (Å²) in [5, 5.41) is 3.75. The zero-order chi connectivity index (χ0) is 21.9. The Kier molecular flexibility index (Phi) is 9.60. The summed E-state index contributed by atoms with van der Waals surface area (Å²) < 4.78 is 28.1. The monoisotopic (exact) mass is 451 g/mol. The predicted octanol–water partition coefficient (Wildman–Crippen LogP) is 1.56. The molecule has 1 aromatic heterocycles. The van der Waals surface area contributed by atoms with Crippen LogP contribution in [0.5, 0.6) is 0 Å². The predicted molar refractivity (Wildman–Crippen MR) is 118 cm³/mol. The molecule has 1 N–H and O–H groups in total. The molecule has 1 aliphatic heterocycles. The number of hydrogen-bond acceptors (Lipinski definition) is 8. The number of nitrogens with zero attached hydrogens (tertiary/aromatic N) is 4. The molecule has 0 saturated carbocycles. The van der Waals surface area contributed by atoms with E-state index >= 15 is 0 Å². The van der Waals surface area contributed by atoms with E-state index in [1.165, 1.54) is 23.7 Å². The molecule has 0 spiro atoms. The third kappa shape index (κ3) is 8.13. The quantitative estimate of drug-likeness (QED) is 0.525. The molecule has 3 rings (SSSR count). The lowest BCUT2D eigenvalue weighted by Gasteiger charge is -2.26. The highest BCUT2D eigenvalue weighted by Crippen LogP contribution is 2.19. The largest absolute Gasteiger partial charge is 0.383 e. The lowest BCUT2D eigenvalue weighted by Crippen LogP contribution is -2.41. The van der Waals surface area contributed by atoms with Crippen LogP contribution >= 0.6 is 11.5 Å². The van der Waals surface area contributed by atoms with E-state index in [9.17, 15) is 9.18 Å². The maximum Gasteiger partial charge on any atom is 0.221 e. The second-order valence-electron chi connectivity index (χ2n) is 7.33. The van der Waals surface area contributed by atoms with Gasteiger partial charge in [-0.05, 0) is 17.7 Å². The smallest absolute Gasteiger partial charge is 0.221 e. The van der Waals surface area contributed by atoms with E-state index < -0.39 is 0 Å². The van der Waals surface area contributed by atoms with Crippen LogP contribution in [-0.4, -0.2) is 86.4 Å². The average molecular weight is 452 g/mol. The molecule has 10 heteroatoms. The Morgan fingerprint density at radius 2 is 2.06 bits per heavy atom. The zero-order valence-electron chi connectivity index (χ0n) is 17.9. The highest BCUT2D eigenvalue weighted by molar-refractivity contribution is 7.09. The van der Waals surface area contributed by atoms with Gasteiger partial charge in [-0.2, -0.15) is 4.37 Å². The highest BCUT2D eigenvalue weighted by Gasteiger charge is 2.15. The van der Waals surface area contributed by atoms with Crippen LogP contribution in [0.4, 0.5) is 9.52 Å². The van der Waals surface area contributed by atoms with Crippen LogP contribution in [0.25, 0.3) is 0 Å². The Balaban J connectivity index is 1.47. The molecule has 1 saturated heterocycles. The molecule has 0 radical (unpaired) electrons. The van der Waals surface area contributed by atoms with Crippen molar-refractivity contribution in [2.24, 2.45) is 0 Å². The fourth-order valence-corrected chi connectivity index (χ4v) is 3.97. The molecule has 1 aromatic carbocycles. The first-order chi connectivity index (χ1) is 15.1. The number of halogens is 1. The maximum atomic E-state index is 13.1. The van der Waals surface area contributed by atoms with Crippen molar-refractivity contribution < 1.29 is 18.7 Å². The number of methoxy groups -OCH3 is 1. The minimum Gasteiger partial charge on any atom is -0.383 e. The number of nitrogens with one attached hydrogen (secondary N) is 1. The Labute approximate surface area is 186 Å². The number of morpholine rings is 1. The van der Waals surface area contributed by atoms with Gasteiger partial charge in [-0.3, -0.25) is 9.69 Å². The molecular formula is C21H30FN5O3S. The molecule has 1 amide bonds. The van der Waals surface area contributed by atoms with Crippen LogP contribution in [0.3, 0.4) is 0 Å². The summed E-state index contributed by atoms with van der Waals surface area (Å²) in [6.45, 7) is 6.52. The van der Waals surface area contributed by atoms with E-state index in [1.807, 2.05) is 4.90 Å². The molecule has 2 heterocycles. The fourth-order valence-electron chi connectivity index (χ4n) is 3.24. The van der Waals surface area contributed by atoms with Crippen LogP contribution in [-0.2, 0) is 20.7 Å². The van der Waals surface area contributed by atoms with Gasteiger partial charge in [-0.15, -0.1) is 0 Å². The molecule has 170 valence electrons. The third-order valence-electron chi connectivity index (χ3n) is 5.03. The van der Waals surface area contributed by atoms with Crippen molar-refractivity contribution in [1.29, 1.82) is 0 Å². The average Bonchev–Trinajstić information content (AvgIpc) is 3.24. The van der Waals surface area contributed by atoms with E-state index in [0.717, 1.165) is 43.5 Å². The van der Waals surface area contributed by atoms with Gasteiger partial charge in [0.15, 0.2) is 0 Å². The molecule has 2 aromatic rings. The molecule has 1 fully saturated rings. The summed E-state index contributed by atoms with van der Waals surface area (Å²) in [6.07, 6.45) is 0.913. The Morgan fingerprint density at radius 3 is 2.81 bits per heavy atom. The number of amides is 1. The van der Waals surface area contributed by atoms with Crippen molar-refractivity contribution >= 4 is 22.6 Å². The lowest BCUT2D eigenvalue weighted by molar-refractivity contribution is -0.121. The van der Waals surface area contributed by atoms with Crippen molar-refractivity contribution in [2.45, 2.75) is 12.8 Å². The molecule has 0 bridgehead atoms. The van der Waals surface area contributed by atoms with Gasteiger partial charge in [-0.1, -0.05) is 12.1 Å². The van der Waals surface area contributed by atoms with E-state index in [0.29, 0.717) is 44.9 Å². The van der Waals surface area contributed by atoms with Gasteiger partial charge >= 0.3 is 0 Å². The molecule has 8 nitrogen and oxygen atoms in total. The summed E-state index contributed by atoms with van der Waals surface area (Å²) in [4.78, 5) is 21.2. The van der Waals surface area contributed by atoms with Crippen LogP contribution in [0, 0.1) is 5.82 Å². The number of carbonyl (C=O) groups is 1. The van der Waals surface area contributed by atoms with Crippen molar-refractivity contribution in [1.82, 2.24) is 19.6 Å². The maximum absolute atomic E-state index is 13.1. The van der Waals surface area contributed by atoms with Gasteiger partial charge in [0, 0.05) is 70.8 Å². The number of carbonyl (C=O) groups excluding carboxylic acids is 1. The number of benzene rings is 1.